The molecule has 0 saturated carbocycles. The van der Waals surface area contributed by atoms with Crippen molar-refractivity contribution < 1.29 is 9.53 Å². The van der Waals surface area contributed by atoms with Gasteiger partial charge in [-0.3, -0.25) is 0 Å². The Labute approximate surface area is 136 Å². The van der Waals surface area contributed by atoms with Crippen molar-refractivity contribution in [1.29, 1.82) is 0 Å². The highest BCUT2D eigenvalue weighted by Gasteiger charge is 2.31. The predicted octanol–water partition coefficient (Wildman–Crippen LogP) is 3.13. The van der Waals surface area contributed by atoms with Crippen molar-refractivity contribution in [1.82, 2.24) is 10.6 Å². The van der Waals surface area contributed by atoms with Gasteiger partial charge < -0.3 is 15.4 Å². The Morgan fingerprint density at radius 1 is 1.27 bits per heavy atom. The molecule has 0 aromatic heterocycles. The van der Waals surface area contributed by atoms with Gasteiger partial charge in [-0.25, -0.2) is 4.79 Å². The first-order valence-electron chi connectivity index (χ1n) is 7.61. The Morgan fingerprint density at radius 2 is 1.95 bits per heavy atom. The van der Waals surface area contributed by atoms with E-state index < -0.39 is 0 Å². The number of hydrogen-bond donors (Lipinski definition) is 2. The molecule has 118 valence electrons. The highest BCUT2D eigenvalue weighted by Crippen LogP contribution is 2.29. The summed E-state index contributed by atoms with van der Waals surface area (Å²) in [5.74, 6) is -0.293. The quantitative estimate of drug-likeness (QED) is 0.645. The van der Waals surface area contributed by atoms with Crippen LogP contribution < -0.4 is 10.6 Å². The molecule has 0 spiro atoms. The largest absolute Gasteiger partial charge is 0.463 e. The monoisotopic (exact) mass is 318 g/mol. The fourth-order valence-electron chi connectivity index (χ4n) is 2.52. The first-order chi connectivity index (χ1) is 10.6. The van der Waals surface area contributed by atoms with Crippen LogP contribution in [0.1, 0.15) is 43.9 Å². The molecule has 0 unspecified atom stereocenters. The smallest absolute Gasteiger partial charge is 0.338 e. The lowest BCUT2D eigenvalue weighted by atomic mass is 9.93. The van der Waals surface area contributed by atoms with Gasteiger partial charge in [0.05, 0.1) is 18.2 Å². The van der Waals surface area contributed by atoms with Crippen LogP contribution in [0.15, 0.2) is 35.5 Å². The fourth-order valence-corrected chi connectivity index (χ4v) is 2.76. The SMILES string of the molecule is CCCC1=C(C(=O)OCC)[C@@H](c2ccc(C)cc2)NC(=S)N1. The van der Waals surface area contributed by atoms with E-state index in [1.807, 2.05) is 38.1 Å². The number of allylic oxidation sites excluding steroid dienone is 1. The van der Waals surface area contributed by atoms with Crippen LogP contribution in [0, 0.1) is 6.92 Å². The molecule has 2 rings (SSSR count). The maximum Gasteiger partial charge on any atom is 0.338 e. The van der Waals surface area contributed by atoms with Crippen LogP contribution in [-0.2, 0) is 9.53 Å². The number of rotatable bonds is 5. The summed E-state index contributed by atoms with van der Waals surface area (Å²) in [6.45, 7) is 6.28. The number of esters is 1. The summed E-state index contributed by atoms with van der Waals surface area (Å²) in [5.41, 5.74) is 3.67. The number of ether oxygens (including phenoxy) is 1. The van der Waals surface area contributed by atoms with Crippen molar-refractivity contribution in [3.05, 3.63) is 46.7 Å². The van der Waals surface area contributed by atoms with Gasteiger partial charge in [0, 0.05) is 5.70 Å². The number of carbonyl (C=O) groups excluding carboxylic acids is 1. The van der Waals surface area contributed by atoms with Crippen LogP contribution in [-0.4, -0.2) is 17.7 Å². The Hall–Kier alpha value is -1.88. The molecule has 1 aromatic rings. The van der Waals surface area contributed by atoms with Crippen molar-refractivity contribution in [3.8, 4) is 0 Å². The molecule has 0 aliphatic carbocycles. The standard InChI is InChI=1S/C17H22N2O2S/c1-4-6-13-14(16(20)21-5-2)15(19-17(22)18-13)12-9-7-11(3)8-10-12/h7-10,15H,4-6H2,1-3H3,(H2,18,19,22)/t15-/m1/s1. The molecule has 0 amide bonds. The summed E-state index contributed by atoms with van der Waals surface area (Å²) in [7, 11) is 0. The molecule has 0 radical (unpaired) electrons. The van der Waals surface area contributed by atoms with Crippen molar-refractivity contribution >= 4 is 23.3 Å². The molecule has 1 heterocycles. The van der Waals surface area contributed by atoms with Crippen molar-refractivity contribution in [3.63, 3.8) is 0 Å². The zero-order valence-electron chi connectivity index (χ0n) is 13.2. The van der Waals surface area contributed by atoms with E-state index in [-0.39, 0.29) is 12.0 Å². The fraction of sp³-hybridized carbons (Fsp3) is 0.412. The summed E-state index contributed by atoms with van der Waals surface area (Å²) in [6, 6.07) is 7.83. The third kappa shape index (κ3) is 3.65. The number of benzene rings is 1. The molecule has 2 N–H and O–H groups in total. The summed E-state index contributed by atoms with van der Waals surface area (Å²) in [4.78, 5) is 12.4. The Balaban J connectivity index is 2.47. The summed E-state index contributed by atoms with van der Waals surface area (Å²) < 4.78 is 5.25. The van der Waals surface area contributed by atoms with Gasteiger partial charge in [0.2, 0.25) is 0 Å². The molecular formula is C17H22N2O2S. The highest BCUT2D eigenvalue weighted by molar-refractivity contribution is 7.80. The van der Waals surface area contributed by atoms with E-state index in [9.17, 15) is 4.79 Å². The molecule has 1 aromatic carbocycles. The average Bonchev–Trinajstić information content (AvgIpc) is 2.48. The number of thiocarbonyl (C=S) groups is 1. The lowest BCUT2D eigenvalue weighted by Gasteiger charge is -2.31. The van der Waals surface area contributed by atoms with E-state index in [0.717, 1.165) is 24.1 Å². The molecule has 5 heteroatoms. The van der Waals surface area contributed by atoms with Gasteiger partial charge in [0.25, 0.3) is 0 Å². The zero-order valence-corrected chi connectivity index (χ0v) is 14.0. The van der Waals surface area contributed by atoms with Gasteiger partial charge in [-0.1, -0.05) is 43.2 Å². The average molecular weight is 318 g/mol. The maximum absolute atomic E-state index is 12.4. The van der Waals surface area contributed by atoms with E-state index in [2.05, 4.69) is 17.6 Å². The van der Waals surface area contributed by atoms with Gasteiger partial charge in [-0.2, -0.15) is 0 Å². The predicted molar refractivity (Wildman–Crippen MR) is 91.4 cm³/mol. The van der Waals surface area contributed by atoms with E-state index in [4.69, 9.17) is 17.0 Å². The Morgan fingerprint density at radius 3 is 2.55 bits per heavy atom. The van der Waals surface area contributed by atoms with Crippen LogP contribution >= 0.6 is 12.2 Å². The van der Waals surface area contributed by atoms with E-state index in [1.165, 1.54) is 5.56 Å². The lowest BCUT2D eigenvalue weighted by molar-refractivity contribution is -0.139. The zero-order chi connectivity index (χ0) is 16.1. The third-order valence-corrected chi connectivity index (χ3v) is 3.78. The highest BCUT2D eigenvalue weighted by atomic mass is 32.1. The summed E-state index contributed by atoms with van der Waals surface area (Å²) in [5, 5.41) is 6.85. The van der Waals surface area contributed by atoms with Gasteiger partial charge in [0.15, 0.2) is 5.11 Å². The molecule has 0 fully saturated rings. The van der Waals surface area contributed by atoms with Gasteiger partial charge in [0.1, 0.15) is 0 Å². The summed E-state index contributed by atoms with van der Waals surface area (Å²) >= 11 is 5.30. The van der Waals surface area contributed by atoms with Crippen LogP contribution in [0.2, 0.25) is 0 Å². The molecule has 1 atom stereocenters. The topological polar surface area (TPSA) is 50.4 Å². The molecule has 1 aliphatic heterocycles. The van der Waals surface area contributed by atoms with Gasteiger partial charge in [-0.05, 0) is 38.0 Å². The van der Waals surface area contributed by atoms with Crippen molar-refractivity contribution in [2.45, 2.75) is 39.7 Å². The lowest BCUT2D eigenvalue weighted by Crippen LogP contribution is -2.45. The van der Waals surface area contributed by atoms with Crippen molar-refractivity contribution in [2.24, 2.45) is 0 Å². The maximum atomic E-state index is 12.4. The second-order valence-corrected chi connectivity index (χ2v) is 5.71. The van der Waals surface area contributed by atoms with Crippen LogP contribution in [0.5, 0.6) is 0 Å². The molecule has 22 heavy (non-hydrogen) atoms. The number of carbonyl (C=O) groups is 1. The minimum atomic E-state index is -0.293. The van der Waals surface area contributed by atoms with E-state index in [1.54, 1.807) is 0 Å². The van der Waals surface area contributed by atoms with Gasteiger partial charge in [-0.15, -0.1) is 0 Å². The van der Waals surface area contributed by atoms with Gasteiger partial charge >= 0.3 is 5.97 Å². The number of aryl methyl sites for hydroxylation is 1. The van der Waals surface area contributed by atoms with E-state index in [0.29, 0.717) is 17.3 Å². The molecular weight excluding hydrogens is 296 g/mol. The van der Waals surface area contributed by atoms with E-state index >= 15 is 0 Å². The third-order valence-electron chi connectivity index (χ3n) is 3.56. The van der Waals surface area contributed by atoms with Crippen LogP contribution in [0.4, 0.5) is 0 Å². The minimum absolute atomic E-state index is 0.269. The Kier molecular flexibility index (Phi) is 5.55. The second-order valence-electron chi connectivity index (χ2n) is 5.30. The van der Waals surface area contributed by atoms with Crippen molar-refractivity contribution in [2.75, 3.05) is 6.61 Å². The molecule has 0 saturated heterocycles. The molecule has 4 nitrogen and oxygen atoms in total. The normalized spacial score (nSPS) is 17.8. The van der Waals surface area contributed by atoms with Crippen LogP contribution in [0.25, 0.3) is 0 Å². The Bertz CT molecular complexity index is 593. The first kappa shape index (κ1) is 16.5. The van der Waals surface area contributed by atoms with Crippen LogP contribution in [0.3, 0.4) is 0 Å². The first-order valence-corrected chi connectivity index (χ1v) is 8.01. The number of nitrogens with one attached hydrogen (secondary N) is 2. The molecule has 1 aliphatic rings. The minimum Gasteiger partial charge on any atom is -0.463 e. The molecule has 0 bridgehead atoms. The summed E-state index contributed by atoms with van der Waals surface area (Å²) in [6.07, 6.45) is 1.69. The number of hydrogen-bond acceptors (Lipinski definition) is 3. The second kappa shape index (κ2) is 7.40.